The van der Waals surface area contributed by atoms with E-state index < -0.39 is 0 Å². The minimum absolute atomic E-state index is 0.0687. The van der Waals surface area contributed by atoms with Crippen LogP contribution in [0.15, 0.2) is 35.3 Å². The number of hydrogen-bond donors (Lipinski definition) is 1. The predicted molar refractivity (Wildman–Crippen MR) is 99.1 cm³/mol. The number of hydrogen-bond acceptors (Lipinski definition) is 2. The van der Waals surface area contributed by atoms with Gasteiger partial charge >= 0.3 is 0 Å². The van der Waals surface area contributed by atoms with Crippen LogP contribution in [-0.2, 0) is 0 Å². The molecule has 4 heteroatoms. The first-order valence-electron chi connectivity index (χ1n) is 8.69. The van der Waals surface area contributed by atoms with Gasteiger partial charge in [-0.15, -0.1) is 0 Å². The molecule has 1 heterocycles. The number of likely N-dealkylation sites (tertiary alicyclic amines) is 1. The molecule has 1 N–H and O–H groups in total. The van der Waals surface area contributed by atoms with Gasteiger partial charge in [-0.25, -0.2) is 0 Å². The first-order valence-corrected chi connectivity index (χ1v) is 8.69. The molecule has 0 spiro atoms. The number of rotatable bonds is 5. The maximum Gasteiger partial charge on any atom is 0.194 e. The van der Waals surface area contributed by atoms with Gasteiger partial charge in [0.2, 0.25) is 0 Å². The molecule has 1 aliphatic rings. The van der Waals surface area contributed by atoms with Gasteiger partial charge in [0.05, 0.1) is 6.54 Å². The lowest BCUT2D eigenvalue weighted by atomic mass is 9.99. The molecule has 1 saturated heterocycles. The van der Waals surface area contributed by atoms with E-state index >= 15 is 0 Å². The molecule has 0 aromatic heterocycles. The summed E-state index contributed by atoms with van der Waals surface area (Å²) >= 11 is 0. The molecular weight excluding hydrogens is 284 g/mol. The summed E-state index contributed by atoms with van der Waals surface area (Å²) in [5.41, 5.74) is 1.51. The van der Waals surface area contributed by atoms with Crippen LogP contribution >= 0.6 is 0 Å². The zero-order valence-electron chi connectivity index (χ0n) is 15.3. The molecule has 2 rings (SSSR count). The normalized spacial score (nSPS) is 19.5. The van der Waals surface area contributed by atoms with Crippen molar-refractivity contribution in [1.82, 2.24) is 15.1 Å². The summed E-state index contributed by atoms with van der Waals surface area (Å²) in [7, 11) is 4.23. The zero-order chi connectivity index (χ0) is 16.9. The molecule has 1 unspecified atom stereocenters. The minimum atomic E-state index is 0.0687. The van der Waals surface area contributed by atoms with Crippen LogP contribution in [0.5, 0.6) is 0 Å². The van der Waals surface area contributed by atoms with Gasteiger partial charge in [0.25, 0.3) is 0 Å². The maximum absolute atomic E-state index is 4.91. The predicted octanol–water partition coefficient (Wildman–Crippen LogP) is 2.78. The van der Waals surface area contributed by atoms with Crippen molar-refractivity contribution in [2.75, 3.05) is 40.3 Å². The van der Waals surface area contributed by atoms with E-state index in [-0.39, 0.29) is 5.54 Å². The summed E-state index contributed by atoms with van der Waals surface area (Å²) in [5.74, 6) is 1.67. The highest BCUT2D eigenvalue weighted by Crippen LogP contribution is 2.27. The van der Waals surface area contributed by atoms with E-state index in [1.807, 2.05) is 0 Å². The van der Waals surface area contributed by atoms with Crippen LogP contribution in [0.4, 0.5) is 0 Å². The van der Waals surface area contributed by atoms with Gasteiger partial charge in [-0.1, -0.05) is 30.3 Å². The minimum Gasteiger partial charge on any atom is -0.357 e. The molecule has 1 fully saturated rings. The van der Waals surface area contributed by atoms with Crippen molar-refractivity contribution in [2.45, 2.75) is 38.6 Å². The summed E-state index contributed by atoms with van der Waals surface area (Å²) in [6.45, 7) is 10.4. The Bertz CT molecular complexity index is 507. The average Bonchev–Trinajstić information content (AvgIpc) is 3.02. The molecule has 1 aliphatic heterocycles. The fourth-order valence-corrected chi connectivity index (χ4v) is 2.79. The van der Waals surface area contributed by atoms with Gasteiger partial charge in [0, 0.05) is 31.1 Å². The molecule has 23 heavy (non-hydrogen) atoms. The fraction of sp³-hybridized carbons (Fsp3) is 0.632. The van der Waals surface area contributed by atoms with E-state index in [9.17, 15) is 0 Å². The Labute approximate surface area is 141 Å². The van der Waals surface area contributed by atoms with Crippen LogP contribution in [0.3, 0.4) is 0 Å². The van der Waals surface area contributed by atoms with Crippen LogP contribution in [0, 0.1) is 0 Å². The molecule has 4 nitrogen and oxygen atoms in total. The van der Waals surface area contributed by atoms with Gasteiger partial charge in [-0.3, -0.25) is 4.99 Å². The smallest absolute Gasteiger partial charge is 0.194 e. The third kappa shape index (κ3) is 4.71. The molecule has 0 aliphatic carbocycles. The SMILES string of the molecule is CCNC(=NCC(C)(C)N(C)C)N1CCC(c2ccccc2)C1. The van der Waals surface area contributed by atoms with Gasteiger partial charge in [0.1, 0.15) is 0 Å². The highest BCUT2D eigenvalue weighted by molar-refractivity contribution is 5.80. The molecule has 128 valence electrons. The number of nitrogens with zero attached hydrogens (tertiary/aromatic N) is 3. The van der Waals surface area contributed by atoms with Crippen LogP contribution in [0.1, 0.15) is 38.7 Å². The molecule has 1 aromatic rings. The Kier molecular flexibility index (Phi) is 6.05. The highest BCUT2D eigenvalue weighted by Gasteiger charge is 2.27. The molecule has 1 atom stereocenters. The van der Waals surface area contributed by atoms with E-state index in [1.54, 1.807) is 0 Å². The van der Waals surface area contributed by atoms with Crippen LogP contribution in [0.2, 0.25) is 0 Å². The summed E-state index contributed by atoms with van der Waals surface area (Å²) < 4.78 is 0. The zero-order valence-corrected chi connectivity index (χ0v) is 15.3. The maximum atomic E-state index is 4.91. The van der Waals surface area contributed by atoms with Crippen molar-refractivity contribution in [2.24, 2.45) is 4.99 Å². The number of guanidine groups is 1. The van der Waals surface area contributed by atoms with E-state index in [0.717, 1.165) is 32.1 Å². The highest BCUT2D eigenvalue weighted by atomic mass is 15.3. The van der Waals surface area contributed by atoms with E-state index in [0.29, 0.717) is 5.92 Å². The topological polar surface area (TPSA) is 30.9 Å². The number of aliphatic imine (C=N–C) groups is 1. The molecule has 0 radical (unpaired) electrons. The lowest BCUT2D eigenvalue weighted by Gasteiger charge is -2.32. The second-order valence-corrected chi connectivity index (χ2v) is 7.22. The summed E-state index contributed by atoms with van der Waals surface area (Å²) in [4.78, 5) is 9.55. The monoisotopic (exact) mass is 316 g/mol. The summed E-state index contributed by atoms with van der Waals surface area (Å²) in [6, 6.07) is 10.8. The van der Waals surface area contributed by atoms with Crippen molar-refractivity contribution >= 4 is 5.96 Å². The third-order valence-corrected chi connectivity index (χ3v) is 4.92. The standard InChI is InChI=1S/C19H32N4/c1-6-20-18(21-15-19(2,3)22(4)5)23-13-12-17(14-23)16-10-8-7-9-11-16/h7-11,17H,6,12-15H2,1-5H3,(H,20,21). The van der Waals surface area contributed by atoms with Gasteiger partial charge < -0.3 is 15.1 Å². The van der Waals surface area contributed by atoms with E-state index in [2.05, 4.69) is 80.3 Å². The average molecular weight is 316 g/mol. The third-order valence-electron chi connectivity index (χ3n) is 4.92. The van der Waals surface area contributed by atoms with E-state index in [4.69, 9.17) is 4.99 Å². The van der Waals surface area contributed by atoms with Gasteiger partial charge in [-0.05, 0) is 46.9 Å². The number of benzene rings is 1. The van der Waals surface area contributed by atoms with Crippen molar-refractivity contribution in [3.8, 4) is 0 Å². The Morgan fingerprint density at radius 1 is 1.30 bits per heavy atom. The van der Waals surface area contributed by atoms with Crippen molar-refractivity contribution in [1.29, 1.82) is 0 Å². The van der Waals surface area contributed by atoms with Crippen LogP contribution in [0.25, 0.3) is 0 Å². The van der Waals surface area contributed by atoms with Crippen molar-refractivity contribution in [3.05, 3.63) is 35.9 Å². The molecular formula is C19H32N4. The van der Waals surface area contributed by atoms with Gasteiger partial charge in [-0.2, -0.15) is 0 Å². The quantitative estimate of drug-likeness (QED) is 0.669. The van der Waals surface area contributed by atoms with E-state index in [1.165, 1.54) is 12.0 Å². The second kappa shape index (κ2) is 7.82. The van der Waals surface area contributed by atoms with Crippen LogP contribution in [-0.4, -0.2) is 61.6 Å². The molecule has 0 amide bonds. The Hall–Kier alpha value is -1.55. The molecule has 0 bridgehead atoms. The van der Waals surface area contributed by atoms with Crippen LogP contribution < -0.4 is 5.32 Å². The first kappa shape index (κ1) is 17.8. The summed E-state index contributed by atoms with van der Waals surface area (Å²) in [6.07, 6.45) is 1.20. The number of nitrogens with one attached hydrogen (secondary N) is 1. The molecule has 1 aromatic carbocycles. The van der Waals surface area contributed by atoms with Gasteiger partial charge in [0.15, 0.2) is 5.96 Å². The van der Waals surface area contributed by atoms with Crippen molar-refractivity contribution < 1.29 is 0 Å². The lowest BCUT2D eigenvalue weighted by molar-refractivity contribution is 0.204. The molecule has 0 saturated carbocycles. The Morgan fingerprint density at radius 3 is 2.61 bits per heavy atom. The fourth-order valence-electron chi connectivity index (χ4n) is 2.79. The Morgan fingerprint density at radius 2 is 2.00 bits per heavy atom. The Balaban J connectivity index is 2.04. The summed E-state index contributed by atoms with van der Waals surface area (Å²) in [5, 5.41) is 3.47. The lowest BCUT2D eigenvalue weighted by Crippen LogP contribution is -2.44. The largest absolute Gasteiger partial charge is 0.357 e. The first-order chi connectivity index (χ1) is 10.9. The second-order valence-electron chi connectivity index (χ2n) is 7.22. The number of likely N-dealkylation sites (N-methyl/N-ethyl adjacent to an activating group) is 1. The van der Waals surface area contributed by atoms with Crippen molar-refractivity contribution in [3.63, 3.8) is 0 Å².